The average molecular weight is 178 g/mol. The second-order valence-corrected chi connectivity index (χ2v) is 2.56. The van der Waals surface area contributed by atoms with Gasteiger partial charge in [-0.1, -0.05) is 0 Å². The molecule has 2 rings (SSSR count). The molecule has 0 radical (unpaired) electrons. The molecule has 0 saturated heterocycles. The van der Waals surface area contributed by atoms with E-state index in [0.717, 1.165) is 4.90 Å². The summed E-state index contributed by atoms with van der Waals surface area (Å²) < 4.78 is 1.42. The first-order valence-electron chi connectivity index (χ1n) is 3.60. The van der Waals surface area contributed by atoms with Crippen molar-refractivity contribution in [3.8, 4) is 0 Å². The molecular weight excluding hydrogens is 172 g/mol. The van der Waals surface area contributed by atoms with E-state index in [1.54, 1.807) is 7.05 Å². The van der Waals surface area contributed by atoms with E-state index in [0.29, 0.717) is 0 Å². The van der Waals surface area contributed by atoms with Crippen molar-refractivity contribution < 1.29 is 9.59 Å². The number of carbonyl (C=O) groups is 2. The molecule has 0 aromatic carbocycles. The van der Waals surface area contributed by atoms with Gasteiger partial charge in [0.25, 0.3) is 17.8 Å². The van der Waals surface area contributed by atoms with Crippen molar-refractivity contribution in [3.05, 3.63) is 18.5 Å². The zero-order valence-electron chi connectivity index (χ0n) is 6.84. The maximum atomic E-state index is 11.1. The largest absolute Gasteiger partial charge is 0.269 e. The van der Waals surface area contributed by atoms with Gasteiger partial charge in [-0.25, -0.2) is 4.90 Å². The standard InChI is InChI=1S/C7H6N4O2/c1-10-4-8-7(9-10)11-5(12)2-3-6(11)13/h2-4H,1H3. The fourth-order valence-electron chi connectivity index (χ4n) is 1.03. The smallest absolute Gasteiger partial charge is 0.260 e. The molecule has 1 aliphatic rings. The molecule has 1 aromatic rings. The summed E-state index contributed by atoms with van der Waals surface area (Å²) in [6.07, 6.45) is 3.81. The van der Waals surface area contributed by atoms with Crippen molar-refractivity contribution in [2.75, 3.05) is 4.90 Å². The van der Waals surface area contributed by atoms with Crippen molar-refractivity contribution in [3.63, 3.8) is 0 Å². The highest BCUT2D eigenvalue weighted by atomic mass is 16.2. The van der Waals surface area contributed by atoms with Crippen LogP contribution in [0.15, 0.2) is 18.5 Å². The number of aromatic nitrogens is 3. The van der Waals surface area contributed by atoms with Gasteiger partial charge in [0.15, 0.2) is 0 Å². The van der Waals surface area contributed by atoms with Gasteiger partial charge in [0.2, 0.25) is 0 Å². The van der Waals surface area contributed by atoms with Gasteiger partial charge < -0.3 is 0 Å². The van der Waals surface area contributed by atoms with Crippen molar-refractivity contribution in [2.45, 2.75) is 0 Å². The summed E-state index contributed by atoms with van der Waals surface area (Å²) in [6, 6.07) is 0. The first-order valence-corrected chi connectivity index (χ1v) is 3.60. The number of nitrogens with zero attached hydrogens (tertiary/aromatic N) is 4. The minimum Gasteiger partial charge on any atom is -0.269 e. The van der Waals surface area contributed by atoms with Crippen LogP contribution in [0.1, 0.15) is 0 Å². The molecule has 2 heterocycles. The van der Waals surface area contributed by atoms with Gasteiger partial charge >= 0.3 is 0 Å². The summed E-state index contributed by atoms with van der Waals surface area (Å²) in [5.74, 6) is -0.699. The van der Waals surface area contributed by atoms with E-state index in [1.165, 1.54) is 23.2 Å². The zero-order chi connectivity index (χ0) is 9.42. The molecule has 0 fully saturated rings. The molecule has 66 valence electrons. The van der Waals surface area contributed by atoms with Crippen LogP contribution in [0.5, 0.6) is 0 Å². The van der Waals surface area contributed by atoms with Crippen LogP contribution in [0.3, 0.4) is 0 Å². The number of amides is 2. The van der Waals surface area contributed by atoms with Gasteiger partial charge in [-0.3, -0.25) is 14.3 Å². The normalized spacial score (nSPS) is 15.9. The maximum absolute atomic E-state index is 11.1. The van der Waals surface area contributed by atoms with Crippen LogP contribution in [0.2, 0.25) is 0 Å². The first kappa shape index (κ1) is 7.66. The van der Waals surface area contributed by atoms with Crippen LogP contribution < -0.4 is 4.90 Å². The van der Waals surface area contributed by atoms with E-state index in [2.05, 4.69) is 10.1 Å². The Balaban J connectivity index is 2.37. The number of aryl methyl sites for hydroxylation is 1. The first-order chi connectivity index (χ1) is 6.18. The van der Waals surface area contributed by atoms with Crippen LogP contribution >= 0.6 is 0 Å². The van der Waals surface area contributed by atoms with Gasteiger partial charge in [-0.2, -0.15) is 4.98 Å². The van der Waals surface area contributed by atoms with E-state index in [4.69, 9.17) is 0 Å². The predicted octanol–water partition coefficient (Wildman–Crippen LogP) is -0.756. The number of anilines is 1. The van der Waals surface area contributed by atoms with Crippen LogP contribution in [-0.2, 0) is 16.6 Å². The minimum absolute atomic E-state index is 0.113. The molecule has 0 bridgehead atoms. The second kappa shape index (κ2) is 2.51. The summed E-state index contributed by atoms with van der Waals surface area (Å²) in [7, 11) is 1.66. The second-order valence-electron chi connectivity index (χ2n) is 2.56. The number of hydrogen-bond acceptors (Lipinski definition) is 4. The van der Waals surface area contributed by atoms with Crippen molar-refractivity contribution in [2.24, 2.45) is 7.05 Å². The lowest BCUT2D eigenvalue weighted by molar-refractivity contribution is -0.120. The molecule has 0 atom stereocenters. The molecule has 0 N–H and O–H groups in total. The lowest BCUT2D eigenvalue weighted by atomic mass is 10.6. The summed E-state index contributed by atoms with van der Waals surface area (Å²) in [5.41, 5.74) is 0. The third-order valence-corrected chi connectivity index (χ3v) is 1.60. The monoisotopic (exact) mass is 178 g/mol. The molecule has 0 spiro atoms. The van der Waals surface area contributed by atoms with E-state index in [9.17, 15) is 9.59 Å². The molecule has 0 unspecified atom stereocenters. The lowest BCUT2D eigenvalue weighted by Crippen LogP contribution is -2.30. The average Bonchev–Trinajstić information content (AvgIpc) is 2.60. The van der Waals surface area contributed by atoms with Crippen molar-refractivity contribution in [1.29, 1.82) is 0 Å². The third kappa shape index (κ3) is 1.12. The third-order valence-electron chi connectivity index (χ3n) is 1.60. The molecule has 13 heavy (non-hydrogen) atoms. The van der Waals surface area contributed by atoms with Gasteiger partial charge in [0.05, 0.1) is 0 Å². The molecule has 6 nitrogen and oxygen atoms in total. The Hall–Kier alpha value is -1.98. The molecule has 6 heteroatoms. The van der Waals surface area contributed by atoms with E-state index >= 15 is 0 Å². The summed E-state index contributed by atoms with van der Waals surface area (Å²) in [6.45, 7) is 0. The maximum Gasteiger partial charge on any atom is 0.260 e. The molecule has 1 aliphatic heterocycles. The SMILES string of the molecule is Cn1cnc(N2C(=O)C=CC2=O)n1. The fourth-order valence-corrected chi connectivity index (χ4v) is 1.03. The highest BCUT2D eigenvalue weighted by molar-refractivity contribution is 6.27. The molecular formula is C7H6N4O2. The Kier molecular flexibility index (Phi) is 1.48. The number of carbonyl (C=O) groups excluding carboxylic acids is 2. The number of rotatable bonds is 1. The number of imide groups is 1. The summed E-state index contributed by atoms with van der Waals surface area (Å²) in [5, 5.41) is 3.84. The molecule has 0 aliphatic carbocycles. The summed E-state index contributed by atoms with van der Waals surface area (Å²) in [4.78, 5) is 27.0. The lowest BCUT2D eigenvalue weighted by Gasteiger charge is -2.06. The predicted molar refractivity (Wildman–Crippen MR) is 42.6 cm³/mol. The van der Waals surface area contributed by atoms with Crippen LogP contribution in [0.25, 0.3) is 0 Å². The molecule has 1 aromatic heterocycles. The van der Waals surface area contributed by atoms with Gasteiger partial charge in [0.1, 0.15) is 6.33 Å². The molecule has 0 saturated carbocycles. The Labute approximate surface area is 73.5 Å². The highest BCUT2D eigenvalue weighted by Gasteiger charge is 2.27. The fraction of sp³-hybridized carbons (Fsp3) is 0.143. The minimum atomic E-state index is -0.406. The van der Waals surface area contributed by atoms with Crippen molar-refractivity contribution in [1.82, 2.24) is 14.8 Å². The van der Waals surface area contributed by atoms with Gasteiger partial charge in [-0.05, 0) is 0 Å². The van der Waals surface area contributed by atoms with Gasteiger partial charge in [0, 0.05) is 19.2 Å². The van der Waals surface area contributed by atoms with E-state index in [-0.39, 0.29) is 5.95 Å². The van der Waals surface area contributed by atoms with Crippen LogP contribution in [0, 0.1) is 0 Å². The van der Waals surface area contributed by atoms with E-state index in [1.807, 2.05) is 0 Å². The van der Waals surface area contributed by atoms with Gasteiger partial charge in [-0.15, -0.1) is 5.10 Å². The number of hydrogen-bond donors (Lipinski definition) is 0. The van der Waals surface area contributed by atoms with Crippen LogP contribution in [-0.4, -0.2) is 26.6 Å². The van der Waals surface area contributed by atoms with Crippen molar-refractivity contribution >= 4 is 17.8 Å². The summed E-state index contributed by atoms with van der Waals surface area (Å²) >= 11 is 0. The Morgan fingerprint density at radius 3 is 2.31 bits per heavy atom. The Bertz CT molecular complexity index is 388. The van der Waals surface area contributed by atoms with Crippen LogP contribution in [0.4, 0.5) is 5.95 Å². The zero-order valence-corrected chi connectivity index (χ0v) is 6.84. The quantitative estimate of drug-likeness (QED) is 0.530. The highest BCUT2D eigenvalue weighted by Crippen LogP contribution is 2.11. The Morgan fingerprint density at radius 2 is 1.85 bits per heavy atom. The molecule has 2 amide bonds. The van der Waals surface area contributed by atoms with E-state index < -0.39 is 11.8 Å². The Morgan fingerprint density at radius 1 is 1.23 bits per heavy atom. The topological polar surface area (TPSA) is 68.1 Å².